The van der Waals surface area contributed by atoms with E-state index >= 15 is 0 Å². The largest absolute Gasteiger partial charge is 0.294 e. The molecule has 0 spiro atoms. The monoisotopic (exact) mass is 426 g/mol. The van der Waals surface area contributed by atoms with E-state index in [0.717, 1.165) is 28.8 Å². The predicted octanol–water partition coefficient (Wildman–Crippen LogP) is 6.69. The van der Waals surface area contributed by atoms with Gasteiger partial charge in [0.2, 0.25) is 0 Å². The number of aromatic nitrogens is 2. The first kappa shape index (κ1) is 22.4. The van der Waals surface area contributed by atoms with Crippen molar-refractivity contribution in [2.24, 2.45) is 0 Å². The van der Waals surface area contributed by atoms with Crippen LogP contribution in [-0.2, 0) is 0 Å². The molecule has 2 aromatic carbocycles. The van der Waals surface area contributed by atoms with Crippen molar-refractivity contribution in [2.45, 2.75) is 64.7 Å². The second kappa shape index (κ2) is 10.7. The number of para-hydroxylation sites is 2. The Morgan fingerprint density at radius 3 is 1.66 bits per heavy atom. The first-order valence-corrected chi connectivity index (χ1v) is 11.9. The summed E-state index contributed by atoms with van der Waals surface area (Å²) in [6.45, 7) is 6.65. The Balaban J connectivity index is 1.48. The lowest BCUT2D eigenvalue weighted by Crippen LogP contribution is -2.44. The number of rotatable bonds is 10. The Morgan fingerprint density at radius 1 is 0.656 bits per heavy atom. The van der Waals surface area contributed by atoms with Crippen molar-refractivity contribution in [2.75, 3.05) is 0 Å². The molecule has 2 atom stereocenters. The summed E-state index contributed by atoms with van der Waals surface area (Å²) in [5.41, 5.74) is 4.23. The zero-order valence-corrected chi connectivity index (χ0v) is 19.4. The fourth-order valence-electron chi connectivity index (χ4n) is 4.23. The van der Waals surface area contributed by atoms with Crippen LogP contribution in [0.4, 0.5) is 0 Å². The van der Waals surface area contributed by atoms with Crippen molar-refractivity contribution in [3.8, 4) is 0 Å². The number of fused-ring (bicyclic) bond motifs is 2. The number of unbranched alkanes of at least 4 members (excludes halogenated alkanes) is 2. The van der Waals surface area contributed by atoms with Crippen LogP contribution in [0.1, 0.15) is 69.9 Å². The Labute approximate surface area is 191 Å². The number of nitrogens with zero attached hydrogens (tertiary/aromatic N) is 2. The van der Waals surface area contributed by atoms with Crippen LogP contribution in [0.25, 0.3) is 21.8 Å². The van der Waals surface area contributed by atoms with E-state index in [1.54, 1.807) is 0 Å². The van der Waals surface area contributed by atoms with E-state index in [1.807, 2.05) is 12.1 Å². The maximum Gasteiger partial charge on any atom is 0.0706 e. The molecule has 4 heteroatoms. The highest BCUT2D eigenvalue weighted by atomic mass is 15.2. The molecule has 2 unspecified atom stereocenters. The number of pyridine rings is 2. The lowest BCUT2D eigenvalue weighted by molar-refractivity contribution is 0.325. The molecule has 0 amide bonds. The molecule has 0 saturated carbocycles. The molecule has 0 bridgehead atoms. The van der Waals surface area contributed by atoms with Crippen LogP contribution >= 0.6 is 0 Å². The average Bonchev–Trinajstić information content (AvgIpc) is 2.83. The molecule has 4 rings (SSSR count). The Morgan fingerprint density at radius 2 is 1.16 bits per heavy atom. The van der Waals surface area contributed by atoms with Gasteiger partial charge in [-0.3, -0.25) is 20.6 Å². The first-order chi connectivity index (χ1) is 15.6. The van der Waals surface area contributed by atoms with Crippen LogP contribution in [0.5, 0.6) is 0 Å². The van der Waals surface area contributed by atoms with Crippen molar-refractivity contribution < 1.29 is 0 Å². The minimum Gasteiger partial charge on any atom is -0.294 e. The smallest absolute Gasteiger partial charge is 0.0706 e. The molecule has 2 aromatic heterocycles. The zero-order chi connectivity index (χ0) is 22.3. The standard InChI is InChI=1S/C28H34N4/c1-4-5-6-15-28(29-20(2)24-18-16-22-11-7-9-13-26(22)31-24)30-21(3)25-19-17-23-12-8-10-14-27(23)32-25/h7-14,16-21,28-30H,4-6,15H2,1-3H3. The molecular weight excluding hydrogens is 392 g/mol. The third kappa shape index (κ3) is 5.50. The van der Waals surface area contributed by atoms with Gasteiger partial charge in [-0.25, -0.2) is 0 Å². The molecular formula is C28H34N4. The third-order valence-corrected chi connectivity index (χ3v) is 6.13. The summed E-state index contributed by atoms with van der Waals surface area (Å²) in [7, 11) is 0. The fraction of sp³-hybridized carbons (Fsp3) is 0.357. The maximum absolute atomic E-state index is 4.89. The molecule has 0 aliphatic heterocycles. The molecule has 32 heavy (non-hydrogen) atoms. The van der Waals surface area contributed by atoms with Gasteiger partial charge in [0, 0.05) is 22.9 Å². The summed E-state index contributed by atoms with van der Waals surface area (Å²) in [4.78, 5) is 9.79. The zero-order valence-electron chi connectivity index (χ0n) is 19.4. The van der Waals surface area contributed by atoms with E-state index in [-0.39, 0.29) is 18.2 Å². The molecule has 0 aliphatic carbocycles. The third-order valence-electron chi connectivity index (χ3n) is 6.13. The average molecular weight is 427 g/mol. The second-order valence-electron chi connectivity index (χ2n) is 8.68. The lowest BCUT2D eigenvalue weighted by atomic mass is 10.1. The summed E-state index contributed by atoms with van der Waals surface area (Å²) in [5, 5.41) is 9.94. The highest BCUT2D eigenvalue weighted by Gasteiger charge is 2.18. The van der Waals surface area contributed by atoms with E-state index in [9.17, 15) is 0 Å². The maximum atomic E-state index is 4.89. The molecule has 2 N–H and O–H groups in total. The summed E-state index contributed by atoms with van der Waals surface area (Å²) in [5.74, 6) is 0. The molecule has 0 radical (unpaired) electrons. The van der Waals surface area contributed by atoms with E-state index in [1.165, 1.54) is 30.0 Å². The van der Waals surface area contributed by atoms with Gasteiger partial charge in [0.05, 0.1) is 28.6 Å². The van der Waals surface area contributed by atoms with E-state index in [0.29, 0.717) is 0 Å². The predicted molar refractivity (Wildman–Crippen MR) is 135 cm³/mol. The summed E-state index contributed by atoms with van der Waals surface area (Å²) in [6.07, 6.45) is 4.91. The highest BCUT2D eigenvalue weighted by molar-refractivity contribution is 5.79. The van der Waals surface area contributed by atoms with Crippen LogP contribution in [0, 0.1) is 0 Å². The van der Waals surface area contributed by atoms with Gasteiger partial charge in [-0.1, -0.05) is 74.7 Å². The second-order valence-corrected chi connectivity index (χ2v) is 8.68. The van der Waals surface area contributed by atoms with Crippen LogP contribution in [0.3, 0.4) is 0 Å². The minimum absolute atomic E-state index is 0.149. The fourth-order valence-corrected chi connectivity index (χ4v) is 4.23. The van der Waals surface area contributed by atoms with E-state index < -0.39 is 0 Å². The summed E-state index contributed by atoms with van der Waals surface area (Å²) in [6, 6.07) is 25.5. The molecule has 0 saturated heterocycles. The quantitative estimate of drug-likeness (QED) is 0.219. The van der Waals surface area contributed by atoms with Crippen molar-refractivity contribution in [1.82, 2.24) is 20.6 Å². The van der Waals surface area contributed by atoms with E-state index in [4.69, 9.17) is 9.97 Å². The van der Waals surface area contributed by atoms with Gasteiger partial charge in [0.25, 0.3) is 0 Å². The van der Waals surface area contributed by atoms with Crippen molar-refractivity contribution >= 4 is 21.8 Å². The van der Waals surface area contributed by atoms with Gasteiger partial charge < -0.3 is 0 Å². The minimum atomic E-state index is 0.149. The molecule has 2 heterocycles. The van der Waals surface area contributed by atoms with Gasteiger partial charge in [0.1, 0.15) is 0 Å². The molecule has 4 nitrogen and oxygen atoms in total. The van der Waals surface area contributed by atoms with Gasteiger partial charge in [-0.15, -0.1) is 0 Å². The van der Waals surface area contributed by atoms with Gasteiger partial charge in [-0.05, 0) is 44.5 Å². The van der Waals surface area contributed by atoms with E-state index in [2.05, 4.69) is 92.1 Å². The SMILES string of the molecule is CCCCCC(NC(C)c1ccc2ccccc2n1)NC(C)c1ccc2ccccc2n1. The van der Waals surface area contributed by atoms with Gasteiger partial charge in [-0.2, -0.15) is 0 Å². The summed E-state index contributed by atoms with van der Waals surface area (Å²) >= 11 is 0. The topological polar surface area (TPSA) is 49.8 Å². The van der Waals surface area contributed by atoms with Crippen molar-refractivity contribution in [1.29, 1.82) is 0 Å². The van der Waals surface area contributed by atoms with Crippen LogP contribution in [0.15, 0.2) is 72.8 Å². The Bertz CT molecular complexity index is 1070. The first-order valence-electron chi connectivity index (χ1n) is 11.9. The number of hydrogen-bond acceptors (Lipinski definition) is 4. The number of hydrogen-bond donors (Lipinski definition) is 2. The number of nitrogens with one attached hydrogen (secondary N) is 2. The normalized spacial score (nSPS) is 14.5. The van der Waals surface area contributed by atoms with Crippen molar-refractivity contribution in [3.63, 3.8) is 0 Å². The highest BCUT2D eigenvalue weighted by Crippen LogP contribution is 2.20. The Kier molecular flexibility index (Phi) is 7.46. The van der Waals surface area contributed by atoms with Gasteiger partial charge >= 0.3 is 0 Å². The summed E-state index contributed by atoms with van der Waals surface area (Å²) < 4.78 is 0. The van der Waals surface area contributed by atoms with Crippen LogP contribution in [0.2, 0.25) is 0 Å². The molecule has 4 aromatic rings. The Hall–Kier alpha value is -2.82. The van der Waals surface area contributed by atoms with Crippen LogP contribution in [-0.4, -0.2) is 16.1 Å². The molecule has 166 valence electrons. The lowest BCUT2D eigenvalue weighted by Gasteiger charge is -2.27. The van der Waals surface area contributed by atoms with Gasteiger partial charge in [0.15, 0.2) is 0 Å². The van der Waals surface area contributed by atoms with Crippen LogP contribution < -0.4 is 10.6 Å². The molecule has 0 fully saturated rings. The van der Waals surface area contributed by atoms with Crippen molar-refractivity contribution in [3.05, 3.63) is 84.2 Å². The molecule has 0 aliphatic rings. The number of benzene rings is 2.